The van der Waals surface area contributed by atoms with E-state index in [2.05, 4.69) is 22.4 Å². The van der Waals surface area contributed by atoms with Gasteiger partial charge in [0.2, 0.25) is 11.7 Å². The molecule has 0 amide bonds. The van der Waals surface area contributed by atoms with E-state index in [4.69, 9.17) is 8.94 Å². The van der Waals surface area contributed by atoms with Gasteiger partial charge in [-0.1, -0.05) is 5.16 Å². The Bertz CT molecular complexity index is 469. The lowest BCUT2D eigenvalue weighted by Gasteiger charge is -2.15. The fourth-order valence-corrected chi connectivity index (χ4v) is 1.98. The molecule has 5 heteroatoms. The molecule has 0 radical (unpaired) electrons. The van der Waals surface area contributed by atoms with Gasteiger partial charge in [-0.25, -0.2) is 0 Å². The molecule has 1 fully saturated rings. The lowest BCUT2D eigenvalue weighted by Crippen LogP contribution is -2.25. The molecule has 0 spiro atoms. The van der Waals surface area contributed by atoms with Crippen LogP contribution in [0.25, 0.3) is 11.4 Å². The lowest BCUT2D eigenvalue weighted by atomic mass is 9.90. The van der Waals surface area contributed by atoms with E-state index < -0.39 is 0 Å². The van der Waals surface area contributed by atoms with Gasteiger partial charge in [-0.05, 0) is 26.0 Å². The van der Waals surface area contributed by atoms with Gasteiger partial charge in [0.25, 0.3) is 0 Å². The predicted molar refractivity (Wildman–Crippen MR) is 56.8 cm³/mol. The van der Waals surface area contributed by atoms with E-state index in [1.807, 2.05) is 6.07 Å². The first kappa shape index (κ1) is 9.59. The molecular weight excluding hydrogens is 206 g/mol. The van der Waals surface area contributed by atoms with E-state index in [-0.39, 0.29) is 5.41 Å². The van der Waals surface area contributed by atoms with Crippen LogP contribution in [0.5, 0.6) is 0 Å². The summed E-state index contributed by atoms with van der Waals surface area (Å²) in [4.78, 5) is 4.43. The molecule has 0 bridgehead atoms. The predicted octanol–water partition coefficient (Wildman–Crippen LogP) is 1.58. The van der Waals surface area contributed by atoms with Crippen LogP contribution in [0.1, 0.15) is 19.2 Å². The largest absolute Gasteiger partial charge is 0.472 e. The molecular formula is C11H13N3O2. The number of hydrogen-bond acceptors (Lipinski definition) is 5. The first-order valence-electron chi connectivity index (χ1n) is 5.35. The zero-order chi connectivity index (χ0) is 11.0. The van der Waals surface area contributed by atoms with E-state index >= 15 is 0 Å². The van der Waals surface area contributed by atoms with Crippen molar-refractivity contribution in [3.63, 3.8) is 0 Å². The van der Waals surface area contributed by atoms with Crippen molar-refractivity contribution in [2.45, 2.75) is 18.8 Å². The van der Waals surface area contributed by atoms with E-state index in [9.17, 15) is 0 Å². The molecule has 2 aromatic heterocycles. The van der Waals surface area contributed by atoms with Crippen molar-refractivity contribution in [1.82, 2.24) is 15.5 Å². The van der Waals surface area contributed by atoms with Crippen LogP contribution in [0, 0.1) is 0 Å². The lowest BCUT2D eigenvalue weighted by molar-refractivity contribution is 0.306. The number of rotatable bonds is 2. The molecule has 1 N–H and O–H groups in total. The number of aromatic nitrogens is 2. The number of nitrogens with zero attached hydrogens (tertiary/aromatic N) is 2. The molecule has 16 heavy (non-hydrogen) atoms. The third-order valence-electron chi connectivity index (χ3n) is 3.09. The van der Waals surface area contributed by atoms with E-state index in [0.29, 0.717) is 11.7 Å². The molecule has 1 aliphatic heterocycles. The van der Waals surface area contributed by atoms with Crippen LogP contribution in [0.3, 0.4) is 0 Å². The molecule has 1 aliphatic rings. The topological polar surface area (TPSA) is 64.1 Å². The Morgan fingerprint density at radius 3 is 3.12 bits per heavy atom. The highest BCUT2D eigenvalue weighted by atomic mass is 16.5. The first-order valence-corrected chi connectivity index (χ1v) is 5.35. The van der Waals surface area contributed by atoms with Gasteiger partial charge in [0.15, 0.2) is 0 Å². The normalized spacial score (nSPS) is 25.1. The average molecular weight is 219 g/mol. The van der Waals surface area contributed by atoms with Crippen LogP contribution in [-0.2, 0) is 5.41 Å². The Morgan fingerprint density at radius 2 is 2.44 bits per heavy atom. The first-order chi connectivity index (χ1) is 7.78. The molecule has 0 aromatic carbocycles. The van der Waals surface area contributed by atoms with Crippen molar-refractivity contribution < 1.29 is 8.94 Å². The Morgan fingerprint density at radius 1 is 1.50 bits per heavy atom. The molecule has 0 aliphatic carbocycles. The van der Waals surface area contributed by atoms with Gasteiger partial charge in [0.05, 0.1) is 17.2 Å². The molecule has 1 unspecified atom stereocenters. The number of furan rings is 1. The van der Waals surface area contributed by atoms with Crippen molar-refractivity contribution >= 4 is 0 Å². The highest BCUT2D eigenvalue weighted by Crippen LogP contribution is 2.30. The highest BCUT2D eigenvalue weighted by molar-refractivity contribution is 5.51. The van der Waals surface area contributed by atoms with Gasteiger partial charge < -0.3 is 14.3 Å². The second-order valence-electron chi connectivity index (χ2n) is 4.42. The summed E-state index contributed by atoms with van der Waals surface area (Å²) >= 11 is 0. The quantitative estimate of drug-likeness (QED) is 0.830. The van der Waals surface area contributed by atoms with Gasteiger partial charge in [0.1, 0.15) is 6.26 Å². The molecule has 1 atom stereocenters. The Hall–Kier alpha value is -1.62. The van der Waals surface area contributed by atoms with Crippen molar-refractivity contribution in [3.05, 3.63) is 24.5 Å². The molecule has 1 saturated heterocycles. The summed E-state index contributed by atoms with van der Waals surface area (Å²) in [5, 5.41) is 7.28. The van der Waals surface area contributed by atoms with E-state index in [1.165, 1.54) is 0 Å². The van der Waals surface area contributed by atoms with Crippen molar-refractivity contribution in [2.75, 3.05) is 13.1 Å². The van der Waals surface area contributed by atoms with Crippen LogP contribution in [0.15, 0.2) is 27.5 Å². The Labute approximate surface area is 92.8 Å². The van der Waals surface area contributed by atoms with Crippen molar-refractivity contribution in [1.29, 1.82) is 0 Å². The van der Waals surface area contributed by atoms with Gasteiger partial charge in [-0.15, -0.1) is 0 Å². The van der Waals surface area contributed by atoms with Crippen LogP contribution in [-0.4, -0.2) is 23.2 Å². The Balaban J connectivity index is 1.93. The van der Waals surface area contributed by atoms with Gasteiger partial charge in [-0.2, -0.15) is 4.98 Å². The zero-order valence-electron chi connectivity index (χ0n) is 9.06. The average Bonchev–Trinajstić information content (AvgIpc) is 2.98. The maximum Gasteiger partial charge on any atom is 0.234 e. The molecule has 84 valence electrons. The summed E-state index contributed by atoms with van der Waals surface area (Å²) in [6.07, 6.45) is 4.24. The summed E-state index contributed by atoms with van der Waals surface area (Å²) in [6.45, 7) is 4.03. The second kappa shape index (κ2) is 3.45. The third kappa shape index (κ3) is 1.44. The monoisotopic (exact) mass is 219 g/mol. The Kier molecular flexibility index (Phi) is 2.07. The van der Waals surface area contributed by atoms with E-state index in [0.717, 1.165) is 25.1 Å². The fourth-order valence-electron chi connectivity index (χ4n) is 1.98. The zero-order valence-corrected chi connectivity index (χ0v) is 9.06. The summed E-state index contributed by atoms with van der Waals surface area (Å²) in [6, 6.07) is 1.82. The number of nitrogens with one attached hydrogen (secondary N) is 1. The molecule has 5 nitrogen and oxygen atoms in total. The molecule has 3 rings (SSSR count). The molecule has 0 saturated carbocycles. The summed E-state index contributed by atoms with van der Waals surface area (Å²) in [5.74, 6) is 1.30. The summed E-state index contributed by atoms with van der Waals surface area (Å²) in [5.41, 5.74) is 0.819. The van der Waals surface area contributed by atoms with Crippen LogP contribution in [0.4, 0.5) is 0 Å². The van der Waals surface area contributed by atoms with Crippen LogP contribution < -0.4 is 5.32 Å². The fraction of sp³-hybridized carbons (Fsp3) is 0.455. The highest BCUT2D eigenvalue weighted by Gasteiger charge is 2.36. The molecule has 3 heterocycles. The van der Waals surface area contributed by atoms with Crippen LogP contribution >= 0.6 is 0 Å². The second-order valence-corrected chi connectivity index (χ2v) is 4.42. The SMILES string of the molecule is CC1(c2nc(-c3ccoc3)no2)CCNC1. The maximum absolute atomic E-state index is 5.33. The minimum atomic E-state index is -0.0328. The molecule has 2 aromatic rings. The van der Waals surface area contributed by atoms with Crippen molar-refractivity contribution in [3.8, 4) is 11.4 Å². The minimum absolute atomic E-state index is 0.0328. The summed E-state index contributed by atoms with van der Waals surface area (Å²) in [7, 11) is 0. The smallest absolute Gasteiger partial charge is 0.234 e. The maximum atomic E-state index is 5.33. The minimum Gasteiger partial charge on any atom is -0.472 e. The van der Waals surface area contributed by atoms with Crippen molar-refractivity contribution in [2.24, 2.45) is 0 Å². The van der Waals surface area contributed by atoms with Crippen LogP contribution in [0.2, 0.25) is 0 Å². The standard InChI is InChI=1S/C11H13N3O2/c1-11(3-4-12-7-11)10-13-9(14-16-10)8-2-5-15-6-8/h2,5-6,12H,3-4,7H2,1H3. The number of hydrogen-bond donors (Lipinski definition) is 1. The van der Waals surface area contributed by atoms with Gasteiger partial charge >= 0.3 is 0 Å². The van der Waals surface area contributed by atoms with E-state index in [1.54, 1.807) is 12.5 Å². The third-order valence-corrected chi connectivity index (χ3v) is 3.09. The van der Waals surface area contributed by atoms with Gasteiger partial charge in [-0.3, -0.25) is 0 Å². The van der Waals surface area contributed by atoms with Gasteiger partial charge in [0, 0.05) is 6.54 Å². The summed E-state index contributed by atoms with van der Waals surface area (Å²) < 4.78 is 10.3.